The fraction of sp³-hybridized carbons (Fsp3) is 0. The minimum absolute atomic E-state index is 1.18. The van der Waals surface area contributed by atoms with Gasteiger partial charge in [-0.25, -0.2) is 0 Å². The number of benzene rings is 7. The predicted octanol–water partition coefficient (Wildman–Crippen LogP) is 10.2. The molecule has 9 rings (SSSR count). The Morgan fingerprint density at radius 1 is 0.325 bits per heavy atom. The molecular formula is C38H24N2. The number of aromatic nitrogens is 2. The molecule has 0 radical (unpaired) electrons. The Morgan fingerprint density at radius 2 is 0.950 bits per heavy atom. The lowest BCUT2D eigenvalue weighted by Crippen LogP contribution is -1.95. The molecule has 0 aliphatic carbocycles. The molecule has 2 heterocycles. The van der Waals surface area contributed by atoms with Crippen LogP contribution in [0.25, 0.3) is 76.5 Å². The maximum absolute atomic E-state index is 2.45. The summed E-state index contributed by atoms with van der Waals surface area (Å²) in [7, 11) is 0. The van der Waals surface area contributed by atoms with E-state index in [1.165, 1.54) is 76.5 Å². The molecule has 7 aromatic carbocycles. The van der Waals surface area contributed by atoms with Gasteiger partial charge >= 0.3 is 0 Å². The summed E-state index contributed by atoms with van der Waals surface area (Å²) in [5.74, 6) is 0. The predicted molar refractivity (Wildman–Crippen MR) is 170 cm³/mol. The van der Waals surface area contributed by atoms with E-state index in [1.54, 1.807) is 0 Å². The fourth-order valence-corrected chi connectivity index (χ4v) is 6.77. The highest BCUT2D eigenvalue weighted by molar-refractivity contribution is 6.31. The number of hydrogen-bond acceptors (Lipinski definition) is 0. The number of hydrogen-bond donors (Lipinski definition) is 0. The van der Waals surface area contributed by atoms with E-state index in [0.29, 0.717) is 0 Å². The molecule has 0 unspecified atom stereocenters. The second-order valence-corrected chi connectivity index (χ2v) is 10.6. The Morgan fingerprint density at radius 3 is 1.80 bits per heavy atom. The van der Waals surface area contributed by atoms with Gasteiger partial charge in [-0.15, -0.1) is 0 Å². The normalized spacial score (nSPS) is 12.0. The zero-order valence-electron chi connectivity index (χ0n) is 21.8. The van der Waals surface area contributed by atoms with Crippen molar-refractivity contribution in [3.05, 3.63) is 146 Å². The summed E-state index contributed by atoms with van der Waals surface area (Å²) in [4.78, 5) is 0. The molecule has 0 fully saturated rings. The van der Waals surface area contributed by atoms with Gasteiger partial charge in [-0.1, -0.05) is 103 Å². The summed E-state index contributed by atoms with van der Waals surface area (Å²) < 4.78 is 4.89. The summed E-state index contributed by atoms with van der Waals surface area (Å²) in [6.45, 7) is 0. The molecule has 0 saturated carbocycles. The van der Waals surface area contributed by atoms with Crippen LogP contribution in [0.1, 0.15) is 0 Å². The maximum atomic E-state index is 2.45. The third kappa shape index (κ3) is 2.88. The van der Waals surface area contributed by atoms with Gasteiger partial charge in [-0.05, 0) is 58.6 Å². The van der Waals surface area contributed by atoms with Gasteiger partial charge in [0.1, 0.15) is 0 Å². The van der Waals surface area contributed by atoms with Crippen molar-refractivity contribution in [1.29, 1.82) is 0 Å². The van der Waals surface area contributed by atoms with Crippen molar-refractivity contribution < 1.29 is 0 Å². The van der Waals surface area contributed by atoms with Gasteiger partial charge < -0.3 is 9.13 Å². The molecule has 40 heavy (non-hydrogen) atoms. The van der Waals surface area contributed by atoms with Crippen LogP contribution < -0.4 is 0 Å². The highest BCUT2D eigenvalue weighted by Crippen LogP contribution is 2.44. The molecule has 0 amide bonds. The van der Waals surface area contributed by atoms with Crippen LogP contribution in [0.4, 0.5) is 0 Å². The Kier molecular flexibility index (Phi) is 4.36. The SMILES string of the molecule is c1ccc(-n2c3ccc4c(c5ccccc5n4-c4ccc5ccccc5c4)c3c3ccc4ccccc4c32)cc1. The van der Waals surface area contributed by atoms with Crippen molar-refractivity contribution >= 4 is 65.2 Å². The molecule has 0 saturated heterocycles. The Hall–Kier alpha value is -5.34. The third-order valence-corrected chi connectivity index (χ3v) is 8.46. The van der Waals surface area contributed by atoms with Gasteiger partial charge in [0.2, 0.25) is 0 Å². The first-order chi connectivity index (χ1) is 19.9. The van der Waals surface area contributed by atoms with Gasteiger partial charge in [0, 0.05) is 38.3 Å². The largest absolute Gasteiger partial charge is 0.309 e. The first-order valence-electron chi connectivity index (χ1n) is 13.8. The number of para-hydroxylation sites is 2. The van der Waals surface area contributed by atoms with E-state index < -0.39 is 0 Å². The molecule has 2 nitrogen and oxygen atoms in total. The highest BCUT2D eigenvalue weighted by Gasteiger charge is 2.21. The maximum Gasteiger partial charge on any atom is 0.0619 e. The minimum atomic E-state index is 1.18. The van der Waals surface area contributed by atoms with Crippen LogP contribution >= 0.6 is 0 Å². The van der Waals surface area contributed by atoms with Gasteiger partial charge in [-0.2, -0.15) is 0 Å². The van der Waals surface area contributed by atoms with E-state index in [0.717, 1.165) is 0 Å². The van der Waals surface area contributed by atoms with Crippen molar-refractivity contribution in [2.24, 2.45) is 0 Å². The quantitative estimate of drug-likeness (QED) is 0.220. The topological polar surface area (TPSA) is 9.86 Å². The van der Waals surface area contributed by atoms with Crippen LogP contribution in [0, 0.1) is 0 Å². The molecule has 0 atom stereocenters. The van der Waals surface area contributed by atoms with E-state index in [-0.39, 0.29) is 0 Å². The summed E-state index contributed by atoms with van der Waals surface area (Å²) in [5.41, 5.74) is 7.30. The van der Waals surface area contributed by atoms with Crippen LogP contribution in [0.3, 0.4) is 0 Å². The molecule has 0 spiro atoms. The van der Waals surface area contributed by atoms with Crippen molar-refractivity contribution in [3.63, 3.8) is 0 Å². The van der Waals surface area contributed by atoms with E-state index in [4.69, 9.17) is 0 Å². The molecular weight excluding hydrogens is 484 g/mol. The number of fused-ring (bicyclic) bond motifs is 10. The Balaban J connectivity index is 1.51. The summed E-state index contributed by atoms with van der Waals surface area (Å²) in [5, 5.41) is 10.2. The molecule has 9 aromatic rings. The fourth-order valence-electron chi connectivity index (χ4n) is 6.77. The lowest BCUT2D eigenvalue weighted by molar-refractivity contribution is 1.18. The van der Waals surface area contributed by atoms with Crippen molar-refractivity contribution in [2.75, 3.05) is 0 Å². The van der Waals surface area contributed by atoms with Gasteiger partial charge in [0.05, 0.1) is 22.1 Å². The van der Waals surface area contributed by atoms with Crippen LogP contribution in [0.15, 0.2) is 146 Å². The molecule has 0 aliphatic rings. The van der Waals surface area contributed by atoms with E-state index in [1.807, 2.05) is 0 Å². The number of nitrogens with zero attached hydrogens (tertiary/aromatic N) is 2. The smallest absolute Gasteiger partial charge is 0.0619 e. The van der Waals surface area contributed by atoms with Crippen molar-refractivity contribution in [1.82, 2.24) is 9.13 Å². The standard InChI is InChI=1S/C38H24N2/c1-2-13-28(14-3-1)40-35-23-22-34-36(37(35)32-21-19-26-11-6-7-15-30(26)38(32)40)31-16-8-9-17-33(31)39(34)29-20-18-25-10-4-5-12-27(25)24-29/h1-24H. The zero-order valence-corrected chi connectivity index (χ0v) is 21.8. The Bertz CT molecular complexity index is 2420. The van der Waals surface area contributed by atoms with E-state index >= 15 is 0 Å². The lowest BCUT2D eigenvalue weighted by atomic mass is 10.0. The second-order valence-electron chi connectivity index (χ2n) is 10.6. The van der Waals surface area contributed by atoms with Gasteiger partial charge in [0.15, 0.2) is 0 Å². The van der Waals surface area contributed by atoms with Crippen LogP contribution in [-0.2, 0) is 0 Å². The van der Waals surface area contributed by atoms with Crippen LogP contribution in [-0.4, -0.2) is 9.13 Å². The molecule has 186 valence electrons. The lowest BCUT2D eigenvalue weighted by Gasteiger charge is -2.10. The first kappa shape index (κ1) is 21.6. The molecule has 0 N–H and O–H groups in total. The summed E-state index contributed by atoms with van der Waals surface area (Å²) >= 11 is 0. The average Bonchev–Trinajstić information content (AvgIpc) is 3.54. The van der Waals surface area contributed by atoms with Crippen LogP contribution in [0.2, 0.25) is 0 Å². The number of rotatable bonds is 2. The summed E-state index contributed by atoms with van der Waals surface area (Å²) in [6.07, 6.45) is 0. The van der Waals surface area contributed by atoms with E-state index in [2.05, 4.69) is 155 Å². The van der Waals surface area contributed by atoms with Gasteiger partial charge in [-0.3, -0.25) is 0 Å². The van der Waals surface area contributed by atoms with Crippen molar-refractivity contribution in [2.45, 2.75) is 0 Å². The monoisotopic (exact) mass is 508 g/mol. The zero-order chi connectivity index (χ0) is 26.2. The third-order valence-electron chi connectivity index (χ3n) is 8.46. The summed E-state index contributed by atoms with van der Waals surface area (Å²) in [6, 6.07) is 53.0. The average molecular weight is 509 g/mol. The van der Waals surface area contributed by atoms with E-state index in [9.17, 15) is 0 Å². The highest BCUT2D eigenvalue weighted by atomic mass is 15.0. The van der Waals surface area contributed by atoms with Crippen LogP contribution in [0.5, 0.6) is 0 Å². The molecule has 2 heteroatoms. The molecule has 0 aliphatic heterocycles. The van der Waals surface area contributed by atoms with Gasteiger partial charge in [0.25, 0.3) is 0 Å². The first-order valence-corrected chi connectivity index (χ1v) is 13.8. The second kappa shape index (κ2) is 8.08. The minimum Gasteiger partial charge on any atom is -0.309 e. The van der Waals surface area contributed by atoms with Crippen molar-refractivity contribution in [3.8, 4) is 11.4 Å². The molecule has 2 aromatic heterocycles. The molecule has 0 bridgehead atoms. The Labute approximate surface area is 230 Å².